The molecule has 0 aromatic heterocycles. The molecule has 0 bridgehead atoms. The minimum Gasteiger partial charge on any atom is -0.497 e. The fraction of sp³-hybridized carbons (Fsp3) is 0.517. The summed E-state index contributed by atoms with van der Waals surface area (Å²) in [6.07, 6.45) is 4.67. The first kappa shape index (κ1) is 25.9. The molecule has 198 valence electrons. The van der Waals surface area contributed by atoms with Crippen LogP contribution in [0.25, 0.3) is 0 Å². The summed E-state index contributed by atoms with van der Waals surface area (Å²) in [4.78, 5) is 25.9. The van der Waals surface area contributed by atoms with E-state index in [1.54, 1.807) is 7.11 Å². The number of piperazine rings is 1. The molecule has 3 aliphatic rings. The summed E-state index contributed by atoms with van der Waals surface area (Å²) in [6.45, 7) is 5.58. The quantitative estimate of drug-likeness (QED) is 0.502. The van der Waals surface area contributed by atoms with Gasteiger partial charge in [0, 0.05) is 37.3 Å². The van der Waals surface area contributed by atoms with Crippen molar-refractivity contribution >= 4 is 23.5 Å². The van der Waals surface area contributed by atoms with E-state index in [1.165, 1.54) is 12.8 Å². The first-order chi connectivity index (χ1) is 18.0. The number of amides is 2. The van der Waals surface area contributed by atoms with Crippen LogP contribution < -0.4 is 9.47 Å². The van der Waals surface area contributed by atoms with E-state index in [9.17, 15) is 4.79 Å². The number of methoxy groups -OCH3 is 1. The van der Waals surface area contributed by atoms with Crippen molar-refractivity contribution in [3.63, 3.8) is 0 Å². The number of benzene rings is 2. The van der Waals surface area contributed by atoms with Crippen molar-refractivity contribution in [1.82, 2.24) is 14.7 Å². The van der Waals surface area contributed by atoms with Crippen molar-refractivity contribution in [2.45, 2.75) is 44.7 Å². The number of carbonyl (C=O) groups is 1. The first-order valence-corrected chi connectivity index (χ1v) is 13.8. The second-order valence-electron chi connectivity index (χ2n) is 10.2. The molecule has 0 spiro atoms. The van der Waals surface area contributed by atoms with Crippen molar-refractivity contribution in [2.75, 3.05) is 46.9 Å². The van der Waals surface area contributed by atoms with Gasteiger partial charge in [-0.2, -0.15) is 0 Å². The van der Waals surface area contributed by atoms with E-state index in [4.69, 9.17) is 26.1 Å². The molecule has 2 fully saturated rings. The van der Waals surface area contributed by atoms with Crippen LogP contribution in [-0.2, 0) is 0 Å². The fourth-order valence-electron chi connectivity index (χ4n) is 5.88. The molecule has 1 aliphatic carbocycles. The van der Waals surface area contributed by atoms with Crippen LogP contribution in [0.15, 0.2) is 47.5 Å². The number of halogens is 1. The van der Waals surface area contributed by atoms with Crippen LogP contribution in [0.5, 0.6) is 11.5 Å². The third kappa shape index (κ3) is 5.30. The Hall–Kier alpha value is -2.77. The lowest BCUT2D eigenvalue weighted by Crippen LogP contribution is -2.53. The van der Waals surface area contributed by atoms with E-state index in [0.717, 1.165) is 37.1 Å². The van der Waals surface area contributed by atoms with Gasteiger partial charge in [-0.1, -0.05) is 36.6 Å². The van der Waals surface area contributed by atoms with E-state index in [-0.39, 0.29) is 18.1 Å². The Morgan fingerprint density at radius 3 is 2.41 bits per heavy atom. The number of aliphatic imine (C=N–C) groups is 1. The maximum atomic E-state index is 14.4. The molecule has 5 rings (SSSR count). The average Bonchev–Trinajstić information content (AvgIpc) is 3.58. The molecule has 2 atom stereocenters. The van der Waals surface area contributed by atoms with Crippen LogP contribution in [0.1, 0.15) is 49.8 Å². The zero-order chi connectivity index (χ0) is 25.9. The van der Waals surface area contributed by atoms with Gasteiger partial charge in [0.15, 0.2) is 0 Å². The molecule has 2 heterocycles. The van der Waals surface area contributed by atoms with Crippen LogP contribution >= 0.6 is 11.6 Å². The monoisotopic (exact) mass is 524 g/mol. The van der Waals surface area contributed by atoms with Gasteiger partial charge in [0.25, 0.3) is 0 Å². The Bertz CT molecular complexity index is 1120. The normalized spacial score (nSPS) is 22.9. The summed E-state index contributed by atoms with van der Waals surface area (Å²) in [7, 11) is 3.75. The van der Waals surface area contributed by atoms with Crippen LogP contribution in [0.2, 0.25) is 5.02 Å². The van der Waals surface area contributed by atoms with Crippen molar-refractivity contribution in [3.8, 4) is 11.5 Å². The molecule has 8 heteroatoms. The molecule has 1 saturated heterocycles. The van der Waals surface area contributed by atoms with Crippen LogP contribution in [0.4, 0.5) is 4.79 Å². The molecule has 2 aromatic rings. The Balaban J connectivity index is 1.63. The van der Waals surface area contributed by atoms with Crippen molar-refractivity contribution in [2.24, 2.45) is 10.9 Å². The van der Waals surface area contributed by atoms with E-state index >= 15 is 0 Å². The fourth-order valence-corrected chi connectivity index (χ4v) is 6.00. The predicted octanol–water partition coefficient (Wildman–Crippen LogP) is 5.48. The number of nitrogens with zero attached hydrogens (tertiary/aromatic N) is 4. The summed E-state index contributed by atoms with van der Waals surface area (Å²) in [5, 5.41) is 0.686. The molecule has 37 heavy (non-hydrogen) atoms. The van der Waals surface area contributed by atoms with Gasteiger partial charge >= 0.3 is 6.03 Å². The molecule has 2 unspecified atom stereocenters. The maximum Gasteiger partial charge on any atom is 0.326 e. The zero-order valence-electron chi connectivity index (χ0n) is 22.0. The van der Waals surface area contributed by atoms with Crippen molar-refractivity contribution in [3.05, 3.63) is 58.6 Å². The number of urea groups is 1. The van der Waals surface area contributed by atoms with Gasteiger partial charge in [-0.15, -0.1) is 0 Å². The highest BCUT2D eigenvalue weighted by molar-refractivity contribution is 6.30. The maximum absolute atomic E-state index is 14.4. The predicted molar refractivity (Wildman–Crippen MR) is 147 cm³/mol. The lowest BCUT2D eigenvalue weighted by molar-refractivity contribution is 0.127. The Kier molecular flexibility index (Phi) is 7.91. The minimum absolute atomic E-state index is 0.00515. The molecule has 2 aliphatic heterocycles. The summed E-state index contributed by atoms with van der Waals surface area (Å²) in [6, 6.07) is 13.5. The van der Waals surface area contributed by atoms with Crippen molar-refractivity contribution in [1.29, 1.82) is 0 Å². The highest BCUT2D eigenvalue weighted by Crippen LogP contribution is 2.45. The van der Waals surface area contributed by atoms with E-state index in [0.29, 0.717) is 48.0 Å². The molecule has 2 amide bonds. The van der Waals surface area contributed by atoms with Crippen LogP contribution in [-0.4, -0.2) is 79.6 Å². The largest absolute Gasteiger partial charge is 0.497 e. The van der Waals surface area contributed by atoms with Gasteiger partial charge in [-0.25, -0.2) is 4.79 Å². The second-order valence-corrected chi connectivity index (χ2v) is 10.7. The highest BCUT2D eigenvalue weighted by Gasteiger charge is 2.47. The number of rotatable bonds is 6. The average molecular weight is 525 g/mol. The zero-order valence-corrected chi connectivity index (χ0v) is 22.8. The summed E-state index contributed by atoms with van der Waals surface area (Å²) in [5.41, 5.74) is 1.89. The summed E-state index contributed by atoms with van der Waals surface area (Å²) < 4.78 is 11.5. The molecule has 1 saturated carbocycles. The number of hydrogen-bond donors (Lipinski definition) is 0. The molecule has 0 N–H and O–H groups in total. The van der Waals surface area contributed by atoms with Gasteiger partial charge in [0.05, 0.1) is 31.4 Å². The second kappa shape index (κ2) is 11.3. The Morgan fingerprint density at radius 1 is 1.05 bits per heavy atom. The topological polar surface area (TPSA) is 57.6 Å². The van der Waals surface area contributed by atoms with E-state index in [2.05, 4.69) is 24.1 Å². The Morgan fingerprint density at radius 2 is 1.76 bits per heavy atom. The van der Waals surface area contributed by atoms with Crippen molar-refractivity contribution < 1.29 is 14.3 Å². The molecular formula is C29H37ClN4O3. The van der Waals surface area contributed by atoms with E-state index in [1.807, 2.05) is 47.1 Å². The van der Waals surface area contributed by atoms with Gasteiger partial charge < -0.3 is 19.3 Å². The van der Waals surface area contributed by atoms with E-state index < -0.39 is 0 Å². The lowest BCUT2D eigenvalue weighted by atomic mass is 9.88. The number of ether oxygens (including phenoxy) is 2. The Labute approximate surface area is 225 Å². The summed E-state index contributed by atoms with van der Waals surface area (Å²) in [5.74, 6) is 2.50. The third-order valence-corrected chi connectivity index (χ3v) is 8.16. The molecule has 2 aromatic carbocycles. The SMILES string of the molecule is CCOc1cc(OC)ccc1C1=NC(C2CCCC2)C(c2ccc(Cl)cc2)N1C(=O)N1CCN(C)CC1. The van der Waals surface area contributed by atoms with Crippen LogP contribution in [0, 0.1) is 5.92 Å². The lowest BCUT2D eigenvalue weighted by Gasteiger charge is -2.38. The first-order valence-electron chi connectivity index (χ1n) is 13.4. The molecule has 0 radical (unpaired) electrons. The standard InChI is InChI=1S/C29H37ClN4O3/c1-4-37-25-19-23(36-3)13-14-24(25)28-31-26(20-7-5-6-8-20)27(21-9-11-22(30)12-10-21)34(28)29(35)33-17-15-32(2)16-18-33/h9-14,19-20,26-27H,4-8,15-18H2,1-3H3. The smallest absolute Gasteiger partial charge is 0.326 e. The van der Waals surface area contributed by atoms with Gasteiger partial charge in [-0.05, 0) is 62.6 Å². The molecular weight excluding hydrogens is 488 g/mol. The van der Waals surface area contributed by atoms with Gasteiger partial charge in [-0.3, -0.25) is 9.89 Å². The minimum atomic E-state index is -0.195. The number of hydrogen-bond acceptors (Lipinski definition) is 5. The third-order valence-electron chi connectivity index (χ3n) is 7.90. The number of likely N-dealkylation sites (N-methyl/N-ethyl adjacent to an activating group) is 1. The van der Waals surface area contributed by atoms with Gasteiger partial charge in [0.1, 0.15) is 17.3 Å². The van der Waals surface area contributed by atoms with Crippen LogP contribution in [0.3, 0.4) is 0 Å². The summed E-state index contributed by atoms with van der Waals surface area (Å²) >= 11 is 6.27. The number of carbonyl (C=O) groups excluding carboxylic acids is 1. The highest BCUT2D eigenvalue weighted by atomic mass is 35.5. The molecule has 7 nitrogen and oxygen atoms in total. The van der Waals surface area contributed by atoms with Gasteiger partial charge in [0.2, 0.25) is 0 Å². The number of amidine groups is 1.